The fourth-order valence-electron chi connectivity index (χ4n) is 3.41. The molecule has 0 bridgehead atoms. The average Bonchev–Trinajstić information content (AvgIpc) is 3.26. The van der Waals surface area contributed by atoms with Crippen LogP contribution >= 0.6 is 11.3 Å². The van der Waals surface area contributed by atoms with E-state index in [0.717, 1.165) is 15.6 Å². The zero-order valence-electron chi connectivity index (χ0n) is 19.8. The van der Waals surface area contributed by atoms with Gasteiger partial charge in [-0.1, -0.05) is 23.8 Å². The molecule has 1 aromatic heterocycles. The van der Waals surface area contributed by atoms with E-state index in [2.05, 4.69) is 6.07 Å². The number of primary amides is 1. The zero-order chi connectivity index (χ0) is 25.0. The number of aliphatic hydroxyl groups is 1. The van der Waals surface area contributed by atoms with Crippen molar-refractivity contribution in [1.82, 2.24) is 0 Å². The number of ketones is 1. The Balaban J connectivity index is 1.46. The number of amides is 1. The van der Waals surface area contributed by atoms with Gasteiger partial charge in [-0.15, -0.1) is 11.3 Å². The largest absolute Gasteiger partial charge is 0.491 e. The summed E-state index contributed by atoms with van der Waals surface area (Å²) in [7, 11) is 0. The second-order valence-electron chi connectivity index (χ2n) is 7.84. The fraction of sp³-hybridized carbons (Fsp3) is 0.385. The van der Waals surface area contributed by atoms with Crippen LogP contribution in [-0.2, 0) is 20.6 Å². The van der Waals surface area contributed by atoms with Crippen LogP contribution in [0.2, 0.25) is 0 Å². The number of hydrogen-bond donors (Lipinski definition) is 2. The van der Waals surface area contributed by atoms with Crippen LogP contribution in [-0.4, -0.2) is 69.7 Å². The third kappa shape index (κ3) is 8.41. The molecule has 0 spiro atoms. The molecule has 8 nitrogen and oxygen atoms in total. The Morgan fingerprint density at radius 1 is 0.886 bits per heavy atom. The smallest absolute Gasteiger partial charge is 0.249 e. The number of fused-ring (bicyclic) bond motifs is 1. The van der Waals surface area contributed by atoms with Crippen molar-refractivity contribution in [2.75, 3.05) is 52.9 Å². The first-order chi connectivity index (χ1) is 17.0. The number of Topliss-reactive ketones (excluding diaryl/α,β-unsaturated/α-hetero) is 1. The molecule has 0 atom stereocenters. The van der Waals surface area contributed by atoms with E-state index in [1.807, 2.05) is 25.1 Å². The summed E-state index contributed by atoms with van der Waals surface area (Å²) < 4.78 is 22.6. The van der Waals surface area contributed by atoms with Crippen molar-refractivity contribution in [1.29, 1.82) is 0 Å². The number of nitrogens with two attached hydrogens (primary N) is 1. The number of ether oxygens (including phenoxy) is 4. The number of hydrogen-bond acceptors (Lipinski definition) is 8. The molecular weight excluding hydrogens is 470 g/mol. The molecule has 3 N–H and O–H groups in total. The average molecular weight is 502 g/mol. The van der Waals surface area contributed by atoms with Gasteiger partial charge in [0, 0.05) is 16.7 Å². The molecule has 1 heterocycles. The van der Waals surface area contributed by atoms with Crippen LogP contribution in [0.3, 0.4) is 0 Å². The van der Waals surface area contributed by atoms with Gasteiger partial charge in [-0.2, -0.15) is 0 Å². The third-order valence-electron chi connectivity index (χ3n) is 5.12. The van der Waals surface area contributed by atoms with Crippen molar-refractivity contribution in [3.63, 3.8) is 0 Å². The number of aryl methyl sites for hydroxylation is 1. The third-order valence-corrected chi connectivity index (χ3v) is 6.28. The molecule has 188 valence electrons. The van der Waals surface area contributed by atoms with E-state index in [-0.39, 0.29) is 31.0 Å². The number of rotatable bonds is 16. The fourth-order valence-corrected chi connectivity index (χ4v) is 4.39. The van der Waals surface area contributed by atoms with Gasteiger partial charge in [0.05, 0.1) is 51.1 Å². The molecule has 9 heteroatoms. The van der Waals surface area contributed by atoms with Crippen LogP contribution in [0, 0.1) is 6.92 Å². The molecule has 0 aliphatic rings. The van der Waals surface area contributed by atoms with E-state index in [0.29, 0.717) is 55.8 Å². The van der Waals surface area contributed by atoms with Gasteiger partial charge in [0.1, 0.15) is 12.4 Å². The topological polar surface area (TPSA) is 117 Å². The Morgan fingerprint density at radius 3 is 2.26 bits per heavy atom. The number of carbonyl (C=O) groups is 2. The van der Waals surface area contributed by atoms with Gasteiger partial charge < -0.3 is 29.8 Å². The molecule has 35 heavy (non-hydrogen) atoms. The highest BCUT2D eigenvalue weighted by molar-refractivity contribution is 7.20. The van der Waals surface area contributed by atoms with Crippen LogP contribution in [0.4, 0.5) is 0 Å². The van der Waals surface area contributed by atoms with Crippen LogP contribution in [0.1, 0.15) is 31.2 Å². The number of benzene rings is 2. The summed E-state index contributed by atoms with van der Waals surface area (Å²) in [6, 6.07) is 13.0. The minimum Gasteiger partial charge on any atom is -0.491 e. The maximum absolute atomic E-state index is 12.9. The van der Waals surface area contributed by atoms with Gasteiger partial charge in [0.2, 0.25) is 5.91 Å². The number of aliphatic hydroxyl groups excluding tert-OH is 1. The molecule has 3 aromatic rings. The second kappa shape index (κ2) is 13.9. The van der Waals surface area contributed by atoms with Gasteiger partial charge in [0.25, 0.3) is 0 Å². The predicted octanol–water partition coefficient (Wildman–Crippen LogP) is 3.15. The first-order valence-electron chi connectivity index (χ1n) is 11.4. The normalized spacial score (nSPS) is 11.1. The summed E-state index contributed by atoms with van der Waals surface area (Å²) in [5.41, 5.74) is 7.55. The SMILES string of the molecule is Cc1ccc2sc(C(=O)Cc3ccc(OCCOCCOCCOCCO)cc3C(N)=O)cc2c1. The van der Waals surface area contributed by atoms with Crippen LogP contribution in [0.15, 0.2) is 42.5 Å². The highest BCUT2D eigenvalue weighted by Gasteiger charge is 2.16. The molecular formula is C26H31NO7S. The molecule has 2 aromatic carbocycles. The Kier molecular flexibility index (Phi) is 10.6. The van der Waals surface area contributed by atoms with Gasteiger partial charge >= 0.3 is 0 Å². The van der Waals surface area contributed by atoms with Gasteiger partial charge in [0.15, 0.2) is 5.78 Å². The summed E-state index contributed by atoms with van der Waals surface area (Å²) in [6.45, 7) is 4.66. The summed E-state index contributed by atoms with van der Waals surface area (Å²) in [5.74, 6) is -0.189. The molecule has 1 amide bonds. The lowest BCUT2D eigenvalue weighted by Crippen LogP contribution is -2.16. The summed E-state index contributed by atoms with van der Waals surface area (Å²) in [6.07, 6.45) is 0.0819. The predicted molar refractivity (Wildman–Crippen MR) is 135 cm³/mol. The molecule has 0 saturated carbocycles. The second-order valence-corrected chi connectivity index (χ2v) is 8.93. The summed E-state index contributed by atoms with van der Waals surface area (Å²) >= 11 is 1.45. The van der Waals surface area contributed by atoms with Crippen molar-refractivity contribution in [3.8, 4) is 5.75 Å². The quantitative estimate of drug-likeness (QED) is 0.229. The van der Waals surface area contributed by atoms with Gasteiger partial charge in [-0.05, 0) is 42.1 Å². The van der Waals surface area contributed by atoms with Crippen LogP contribution in [0.5, 0.6) is 5.75 Å². The van der Waals surface area contributed by atoms with E-state index >= 15 is 0 Å². The minimum absolute atomic E-state index is 0.00264. The molecule has 3 rings (SSSR count). The summed E-state index contributed by atoms with van der Waals surface area (Å²) in [5, 5.41) is 9.64. The van der Waals surface area contributed by atoms with E-state index in [1.54, 1.807) is 18.2 Å². The first kappa shape index (κ1) is 26.8. The zero-order valence-corrected chi connectivity index (χ0v) is 20.6. The van der Waals surface area contributed by atoms with Crippen molar-refractivity contribution in [3.05, 3.63) is 64.0 Å². The van der Waals surface area contributed by atoms with Crippen molar-refractivity contribution in [2.45, 2.75) is 13.3 Å². The Labute approximate surface area is 208 Å². The highest BCUT2D eigenvalue weighted by atomic mass is 32.1. The maximum Gasteiger partial charge on any atom is 0.249 e. The highest BCUT2D eigenvalue weighted by Crippen LogP contribution is 2.28. The lowest BCUT2D eigenvalue weighted by Gasteiger charge is -2.11. The Bertz CT molecular complexity index is 1130. The Morgan fingerprint density at radius 2 is 1.57 bits per heavy atom. The number of carbonyl (C=O) groups excluding carboxylic acids is 2. The van der Waals surface area contributed by atoms with E-state index in [9.17, 15) is 9.59 Å². The molecule has 0 aliphatic carbocycles. The van der Waals surface area contributed by atoms with Crippen molar-refractivity contribution in [2.24, 2.45) is 5.73 Å². The van der Waals surface area contributed by atoms with Crippen LogP contribution in [0.25, 0.3) is 10.1 Å². The van der Waals surface area contributed by atoms with E-state index in [4.69, 9.17) is 29.8 Å². The first-order valence-corrected chi connectivity index (χ1v) is 12.2. The van der Waals surface area contributed by atoms with Crippen LogP contribution < -0.4 is 10.5 Å². The molecule has 0 unspecified atom stereocenters. The van der Waals surface area contributed by atoms with Gasteiger partial charge in [-0.3, -0.25) is 9.59 Å². The lowest BCUT2D eigenvalue weighted by atomic mass is 10.0. The van der Waals surface area contributed by atoms with E-state index < -0.39 is 5.91 Å². The molecule has 0 saturated heterocycles. The molecule has 0 aliphatic heterocycles. The standard InChI is InChI=1S/C26H31NO7S/c1-18-2-5-24-20(14-18)16-25(35-24)23(29)15-19-3-4-21(17-22(19)26(27)30)34-13-12-33-11-10-32-9-8-31-7-6-28/h2-5,14,16-17,28H,6-13,15H2,1H3,(H2,27,30). The monoisotopic (exact) mass is 501 g/mol. The molecule has 0 radical (unpaired) electrons. The van der Waals surface area contributed by atoms with E-state index in [1.165, 1.54) is 11.3 Å². The Hall–Kier alpha value is -2.82. The molecule has 0 fully saturated rings. The lowest BCUT2D eigenvalue weighted by molar-refractivity contribution is 0.00361. The van der Waals surface area contributed by atoms with Crippen molar-refractivity contribution >= 4 is 33.1 Å². The van der Waals surface area contributed by atoms with Crippen molar-refractivity contribution < 1.29 is 33.6 Å². The maximum atomic E-state index is 12.9. The van der Waals surface area contributed by atoms with Gasteiger partial charge in [-0.25, -0.2) is 0 Å². The summed E-state index contributed by atoms with van der Waals surface area (Å²) in [4.78, 5) is 25.6. The minimum atomic E-state index is -0.610. The number of thiophene rings is 1.